The number of hydrogen-bond donors (Lipinski definition) is 0. The van der Waals surface area contributed by atoms with E-state index >= 15 is 0 Å². The third kappa shape index (κ3) is 16.8. The van der Waals surface area contributed by atoms with Crippen LogP contribution in [0.25, 0.3) is 0 Å². The van der Waals surface area contributed by atoms with Crippen LogP contribution in [0.2, 0.25) is 0 Å². The van der Waals surface area contributed by atoms with Crippen molar-refractivity contribution in [1.82, 2.24) is 0 Å². The van der Waals surface area contributed by atoms with Gasteiger partial charge in [-0.25, -0.2) is 35.1 Å². The summed E-state index contributed by atoms with van der Waals surface area (Å²) in [6.45, 7) is 8.95. The number of carbonyl (C=O) groups excluding carboxylic acids is 7. The number of allylic oxidation sites excluding steroid dienone is 6. The number of carbonyl (C=O) groups is 1. The molecule has 468 valence electrons. The third-order valence-electron chi connectivity index (χ3n) is 18.1. The Balaban J connectivity index is 0.000000177. The van der Waals surface area contributed by atoms with Gasteiger partial charge in [0.15, 0.2) is 0 Å². The molecule has 8 aliphatic rings. The number of halogens is 8. The minimum atomic E-state index is -2.47. The Labute approximate surface area is 501 Å². The number of Topliss-reactive ketones (excluding diaryl/α,β-unsaturated/α-hetero) is 1. The van der Waals surface area contributed by atoms with E-state index in [9.17, 15) is 39.9 Å². The van der Waals surface area contributed by atoms with Gasteiger partial charge < -0.3 is 18.9 Å². The topological polar surface area (TPSA) is 156 Å². The molecule has 0 bridgehead atoms. The lowest BCUT2D eigenvalue weighted by atomic mass is 9.69. The van der Waals surface area contributed by atoms with E-state index in [1.807, 2.05) is 18.2 Å². The van der Waals surface area contributed by atoms with E-state index in [2.05, 4.69) is 39.0 Å². The smallest absolute Gasteiger partial charge is 0.373 e. The van der Waals surface area contributed by atoms with Gasteiger partial charge in [-0.15, -0.1) is 0 Å². The molecule has 0 amide bonds. The first-order valence-electron chi connectivity index (χ1n) is 29.5. The molecule has 0 atom stereocenters. The molecule has 87 heavy (non-hydrogen) atoms. The lowest BCUT2D eigenvalue weighted by Crippen LogP contribution is -2.33. The second kappa shape index (κ2) is 32.0. The van der Waals surface area contributed by atoms with Gasteiger partial charge in [-0.05, 0) is 133 Å². The van der Waals surface area contributed by atoms with E-state index in [1.54, 1.807) is 24.3 Å². The van der Waals surface area contributed by atoms with Gasteiger partial charge in [-0.1, -0.05) is 104 Å². The van der Waals surface area contributed by atoms with Crippen LogP contribution in [0.1, 0.15) is 213 Å². The molecular formula is C68H74F8O11. The molecule has 11 nitrogen and oxygen atoms in total. The van der Waals surface area contributed by atoms with Crippen LogP contribution in [0, 0.1) is 0 Å². The van der Waals surface area contributed by atoms with Crippen molar-refractivity contribution in [3.05, 3.63) is 152 Å². The average molecular weight is 1220 g/mol. The van der Waals surface area contributed by atoms with Gasteiger partial charge in [0.1, 0.15) is 28.8 Å². The van der Waals surface area contributed by atoms with Crippen LogP contribution < -0.4 is 18.9 Å². The van der Waals surface area contributed by atoms with Crippen molar-refractivity contribution in [2.24, 2.45) is 0 Å². The molecule has 4 aliphatic carbocycles. The molecule has 0 aromatic heterocycles. The summed E-state index contributed by atoms with van der Waals surface area (Å²) in [5, 5.41) is 0. The molecule has 4 fully saturated rings. The number of hydrogen-bond acceptors (Lipinski definition) is 11. The van der Waals surface area contributed by atoms with Crippen molar-refractivity contribution < 1.29 is 87.6 Å². The average Bonchev–Trinajstić information content (AvgIpc) is 2.09. The highest BCUT2D eigenvalue weighted by Crippen LogP contribution is 2.53. The highest BCUT2D eigenvalue weighted by Gasteiger charge is 2.46. The number of benzene rings is 4. The molecule has 4 aromatic rings. The maximum atomic E-state index is 12.7. The lowest BCUT2D eigenvalue weighted by molar-refractivity contribution is -0.193. The summed E-state index contributed by atoms with van der Waals surface area (Å²) < 4.78 is 124. The lowest BCUT2D eigenvalue weighted by Gasteiger charge is -2.33. The van der Waals surface area contributed by atoms with E-state index in [4.69, 9.17) is 47.7 Å². The van der Waals surface area contributed by atoms with E-state index in [-0.39, 0.29) is 62.4 Å². The molecule has 0 radical (unpaired) electrons. The zero-order valence-electron chi connectivity index (χ0n) is 49.2. The molecule has 4 saturated carbocycles. The van der Waals surface area contributed by atoms with Crippen LogP contribution in [-0.4, -0.2) is 50.7 Å². The third-order valence-corrected chi connectivity index (χ3v) is 18.1. The van der Waals surface area contributed by atoms with Crippen molar-refractivity contribution >= 4 is 24.2 Å². The molecule has 0 unspecified atom stereocenters. The van der Waals surface area contributed by atoms with Gasteiger partial charge in [-0.3, -0.25) is 4.79 Å². The molecule has 4 heterocycles. The van der Waals surface area contributed by atoms with Gasteiger partial charge in [0.05, 0.1) is 26.4 Å². The molecule has 0 saturated heterocycles. The maximum Gasteiger partial charge on any atom is 0.373 e. The fourth-order valence-corrected chi connectivity index (χ4v) is 13.4. The summed E-state index contributed by atoms with van der Waals surface area (Å²) >= 11 is 0. The Morgan fingerprint density at radius 3 is 0.747 bits per heavy atom. The first-order chi connectivity index (χ1) is 41.8. The minimum absolute atomic E-state index is 0.00214. The highest BCUT2D eigenvalue weighted by atomic mass is 19.3. The Morgan fingerprint density at radius 2 is 0.563 bits per heavy atom. The summed E-state index contributed by atoms with van der Waals surface area (Å²) in [6, 6.07) is 19.5. The number of fused-ring (bicyclic) bond motifs is 8. The summed E-state index contributed by atoms with van der Waals surface area (Å²) in [5.41, 5.74) is 9.24. The summed E-state index contributed by atoms with van der Waals surface area (Å²) in [7, 11) is 0. The molecule has 4 aromatic carbocycles. The van der Waals surface area contributed by atoms with Crippen LogP contribution in [-0.2, 0) is 55.2 Å². The van der Waals surface area contributed by atoms with Crippen molar-refractivity contribution in [3.63, 3.8) is 0 Å². The Hall–Kier alpha value is -7.45. The normalized spacial score (nSPS) is 21.8. The van der Waals surface area contributed by atoms with Crippen LogP contribution >= 0.6 is 0 Å². The fraction of sp³-hybridized carbons (Fsp3) is 0.500. The predicted molar refractivity (Wildman–Crippen MR) is 303 cm³/mol. The first kappa shape index (κ1) is 68.7. The Kier molecular flexibility index (Phi) is 25.2. The zero-order valence-corrected chi connectivity index (χ0v) is 49.2. The number of rotatable bonds is 7. The quantitative estimate of drug-likeness (QED) is 0.128. The first-order valence-corrected chi connectivity index (χ1v) is 29.5. The summed E-state index contributed by atoms with van der Waals surface area (Å²) in [6.07, 6.45) is 17.0. The highest BCUT2D eigenvalue weighted by molar-refractivity contribution is 5.80. The largest absolute Gasteiger partial charge is 0.492 e. The number of alkyl halides is 8. The standard InChI is InChI=1S/3C17H20F2O.C14H14F2O2.3CO2/c3*1-2-3-12-6-8-17(9-7-12)11-20-15-10-13(16(18)19)4-5-14(15)17;15-13(16)9-1-2-11-12(7-9)18-8-14(11)5-3-10(17)4-6-14;3*2-1-3/h3*3-5,10,16H,2,6-9,11H2,1H3;1-2,7,13H,3-6,8H2;;;. The van der Waals surface area contributed by atoms with Gasteiger partial charge in [-0.2, -0.15) is 28.8 Å². The van der Waals surface area contributed by atoms with Crippen molar-refractivity contribution in [3.8, 4) is 23.0 Å². The summed E-state index contributed by atoms with van der Waals surface area (Å²) in [5.74, 6) is 2.88. The molecule has 4 aliphatic heterocycles. The number of ether oxygens (including phenoxy) is 4. The van der Waals surface area contributed by atoms with Crippen molar-refractivity contribution in [2.75, 3.05) is 26.4 Å². The van der Waals surface area contributed by atoms with Gasteiger partial charge >= 0.3 is 18.5 Å². The SMILES string of the molecule is CCC=C1CCC2(CC1)COc1cc(C(F)F)ccc12.CCC=C1CCC2(CC1)COc1cc(C(F)F)ccc12.CCC=C1CCC2(CC1)COc1cc(C(F)F)ccc12.O=C1CCC2(CC1)COc1cc(C(F)F)ccc12.O=C=O.O=C=O.O=C=O. The van der Waals surface area contributed by atoms with Crippen molar-refractivity contribution in [1.29, 1.82) is 0 Å². The van der Waals surface area contributed by atoms with E-state index in [1.165, 1.54) is 47.1 Å². The van der Waals surface area contributed by atoms with Crippen LogP contribution in [0.5, 0.6) is 23.0 Å². The van der Waals surface area contributed by atoms with E-state index < -0.39 is 25.7 Å². The van der Waals surface area contributed by atoms with Gasteiger partial charge in [0.25, 0.3) is 25.7 Å². The van der Waals surface area contributed by atoms with Crippen LogP contribution in [0.3, 0.4) is 0 Å². The Morgan fingerprint density at radius 1 is 0.368 bits per heavy atom. The van der Waals surface area contributed by atoms with Gasteiger partial charge in [0.2, 0.25) is 0 Å². The molecule has 0 N–H and O–H groups in total. The molecule has 12 rings (SSSR count). The second-order valence-corrected chi connectivity index (χ2v) is 23.1. The second-order valence-electron chi connectivity index (χ2n) is 23.1. The van der Waals surface area contributed by atoms with E-state index in [0.29, 0.717) is 68.1 Å². The Bertz CT molecular complexity index is 2880. The fourth-order valence-electron chi connectivity index (χ4n) is 13.4. The van der Waals surface area contributed by atoms with Crippen LogP contribution in [0.4, 0.5) is 35.1 Å². The minimum Gasteiger partial charge on any atom is -0.492 e. The monoisotopic (exact) mass is 1220 g/mol. The van der Waals surface area contributed by atoms with Crippen molar-refractivity contribution in [2.45, 2.75) is 190 Å². The zero-order chi connectivity index (χ0) is 63.4. The predicted octanol–water partition coefficient (Wildman–Crippen LogP) is 17.1. The summed E-state index contributed by atoms with van der Waals surface area (Å²) in [4.78, 5) is 60.1. The number of ketones is 1. The molecule has 19 heteroatoms. The molecular weight excluding hydrogens is 1140 g/mol. The molecule has 4 spiro atoms. The van der Waals surface area contributed by atoms with Crippen LogP contribution in [0.15, 0.2) is 108 Å². The van der Waals surface area contributed by atoms with Gasteiger partial charge in [0, 0.05) is 79.0 Å². The van der Waals surface area contributed by atoms with E-state index in [0.717, 1.165) is 131 Å². The maximum absolute atomic E-state index is 12.7.